The normalized spacial score (nSPS) is 11.3. The molecular formula is C17H27FN2O3. The molecule has 0 bridgehead atoms. The lowest BCUT2D eigenvalue weighted by molar-refractivity contribution is 0.0258. The van der Waals surface area contributed by atoms with Gasteiger partial charge in [-0.15, -0.1) is 0 Å². The summed E-state index contributed by atoms with van der Waals surface area (Å²) in [4.78, 5) is 13.6. The summed E-state index contributed by atoms with van der Waals surface area (Å²) in [5, 5.41) is 12.5. The highest BCUT2D eigenvalue weighted by molar-refractivity contribution is 5.68. The summed E-state index contributed by atoms with van der Waals surface area (Å²) in [5.41, 5.74) is 0.185. The van der Waals surface area contributed by atoms with Crippen LogP contribution < -0.4 is 5.32 Å². The van der Waals surface area contributed by atoms with Crippen molar-refractivity contribution in [2.45, 2.75) is 46.3 Å². The van der Waals surface area contributed by atoms with Gasteiger partial charge >= 0.3 is 6.09 Å². The molecule has 0 unspecified atom stereocenters. The summed E-state index contributed by atoms with van der Waals surface area (Å²) in [5.74, 6) is -0.534. The minimum absolute atomic E-state index is 0.0797. The Balaban J connectivity index is 2.31. The minimum atomic E-state index is -0.498. The van der Waals surface area contributed by atoms with Crippen LogP contribution in [0.3, 0.4) is 0 Å². The van der Waals surface area contributed by atoms with Gasteiger partial charge in [0.1, 0.15) is 17.2 Å². The molecule has 23 heavy (non-hydrogen) atoms. The van der Waals surface area contributed by atoms with E-state index in [0.717, 1.165) is 12.5 Å². The number of phenolic OH excluding ortho intramolecular Hbond substituents is 1. The van der Waals surface area contributed by atoms with Gasteiger partial charge in [0, 0.05) is 25.7 Å². The number of rotatable bonds is 7. The lowest BCUT2D eigenvalue weighted by Gasteiger charge is -2.26. The van der Waals surface area contributed by atoms with E-state index in [1.807, 2.05) is 27.7 Å². The molecule has 0 spiro atoms. The third kappa shape index (κ3) is 7.83. The molecule has 0 radical (unpaired) electrons. The number of halogens is 1. The Bertz CT molecular complexity index is 495. The second kappa shape index (κ2) is 8.72. The Morgan fingerprint density at radius 2 is 2.04 bits per heavy atom. The number of benzene rings is 1. The van der Waals surface area contributed by atoms with Crippen LogP contribution in [0.5, 0.6) is 5.75 Å². The van der Waals surface area contributed by atoms with E-state index in [1.165, 1.54) is 12.1 Å². The molecule has 130 valence electrons. The number of amides is 1. The summed E-state index contributed by atoms with van der Waals surface area (Å²) in [7, 11) is 0. The van der Waals surface area contributed by atoms with Crippen molar-refractivity contribution in [3.63, 3.8) is 0 Å². The van der Waals surface area contributed by atoms with Gasteiger partial charge in [-0.1, -0.05) is 0 Å². The summed E-state index contributed by atoms with van der Waals surface area (Å²) >= 11 is 0. The molecule has 0 aromatic heterocycles. The zero-order chi connectivity index (χ0) is 17.5. The fraction of sp³-hybridized carbons (Fsp3) is 0.588. The Morgan fingerprint density at radius 3 is 2.61 bits per heavy atom. The van der Waals surface area contributed by atoms with E-state index in [9.17, 15) is 14.3 Å². The van der Waals surface area contributed by atoms with Gasteiger partial charge < -0.3 is 20.1 Å². The third-order valence-corrected chi connectivity index (χ3v) is 3.09. The third-order valence-electron chi connectivity index (χ3n) is 3.09. The molecule has 0 aliphatic heterocycles. The first-order valence-corrected chi connectivity index (χ1v) is 7.88. The molecule has 0 atom stereocenters. The van der Waals surface area contributed by atoms with Crippen LogP contribution >= 0.6 is 0 Å². The quantitative estimate of drug-likeness (QED) is 0.755. The zero-order valence-electron chi connectivity index (χ0n) is 14.4. The van der Waals surface area contributed by atoms with Crippen molar-refractivity contribution in [2.24, 2.45) is 0 Å². The largest absolute Gasteiger partial charge is 0.508 e. The van der Waals surface area contributed by atoms with Crippen LogP contribution in [0.1, 0.15) is 39.7 Å². The Labute approximate surface area is 137 Å². The summed E-state index contributed by atoms with van der Waals surface area (Å²) < 4.78 is 18.5. The molecule has 0 heterocycles. The van der Waals surface area contributed by atoms with Gasteiger partial charge in [-0.05, 0) is 58.4 Å². The molecule has 5 nitrogen and oxygen atoms in total. The fourth-order valence-corrected chi connectivity index (χ4v) is 2.07. The average molecular weight is 326 g/mol. The summed E-state index contributed by atoms with van der Waals surface area (Å²) in [6, 6.07) is 3.98. The number of nitrogens with one attached hydrogen (secondary N) is 1. The average Bonchev–Trinajstić information content (AvgIpc) is 2.39. The maximum Gasteiger partial charge on any atom is 0.410 e. The van der Waals surface area contributed by atoms with Gasteiger partial charge in [0.2, 0.25) is 0 Å². The number of phenols is 1. The van der Waals surface area contributed by atoms with Crippen LogP contribution in [0.25, 0.3) is 0 Å². The van der Waals surface area contributed by atoms with Crippen LogP contribution in [0.15, 0.2) is 18.2 Å². The summed E-state index contributed by atoms with van der Waals surface area (Å²) in [6.07, 6.45) is 0.448. The van der Waals surface area contributed by atoms with Crippen molar-refractivity contribution < 1.29 is 19.0 Å². The molecule has 1 aromatic carbocycles. The Morgan fingerprint density at radius 1 is 1.35 bits per heavy atom. The second-order valence-corrected chi connectivity index (χ2v) is 6.41. The molecule has 0 aliphatic rings. The van der Waals surface area contributed by atoms with Crippen LogP contribution in [-0.4, -0.2) is 41.3 Å². The van der Waals surface area contributed by atoms with E-state index in [-0.39, 0.29) is 11.8 Å². The van der Waals surface area contributed by atoms with E-state index in [4.69, 9.17) is 4.74 Å². The van der Waals surface area contributed by atoms with Gasteiger partial charge in [-0.2, -0.15) is 0 Å². The van der Waals surface area contributed by atoms with Gasteiger partial charge in [-0.3, -0.25) is 0 Å². The maximum absolute atomic E-state index is 13.1. The number of carbonyl (C=O) groups excluding carboxylic acids is 1. The standard InChI is InChI=1S/C17H27FN2O3/c1-5-20(16(22)23-17(2,3)4)8-6-7-19-12-13-9-14(18)11-15(21)10-13/h9-11,19,21H,5-8,12H2,1-4H3. The number of aromatic hydroxyl groups is 1. The number of nitrogens with zero attached hydrogens (tertiary/aromatic N) is 1. The fourth-order valence-electron chi connectivity index (χ4n) is 2.07. The van der Waals surface area contributed by atoms with Crippen molar-refractivity contribution in [2.75, 3.05) is 19.6 Å². The minimum Gasteiger partial charge on any atom is -0.508 e. The molecule has 2 N–H and O–H groups in total. The van der Waals surface area contributed by atoms with E-state index in [0.29, 0.717) is 31.7 Å². The molecular weight excluding hydrogens is 299 g/mol. The van der Waals surface area contributed by atoms with Crippen LogP contribution in [0.2, 0.25) is 0 Å². The van der Waals surface area contributed by atoms with Crippen LogP contribution in [0, 0.1) is 5.82 Å². The van der Waals surface area contributed by atoms with Crippen molar-refractivity contribution in [3.8, 4) is 5.75 Å². The lowest BCUT2D eigenvalue weighted by atomic mass is 10.2. The van der Waals surface area contributed by atoms with Crippen molar-refractivity contribution >= 4 is 6.09 Å². The van der Waals surface area contributed by atoms with Crippen molar-refractivity contribution in [1.29, 1.82) is 0 Å². The number of hydrogen-bond acceptors (Lipinski definition) is 4. The highest BCUT2D eigenvalue weighted by Gasteiger charge is 2.20. The van der Waals surface area contributed by atoms with E-state index in [1.54, 1.807) is 4.90 Å². The molecule has 0 saturated carbocycles. The number of ether oxygens (including phenoxy) is 1. The Hall–Kier alpha value is -1.82. The molecule has 0 saturated heterocycles. The van der Waals surface area contributed by atoms with Gasteiger partial charge in [0.15, 0.2) is 0 Å². The SMILES string of the molecule is CCN(CCCNCc1cc(O)cc(F)c1)C(=O)OC(C)(C)C. The smallest absolute Gasteiger partial charge is 0.410 e. The predicted octanol–water partition coefficient (Wildman–Crippen LogP) is 3.27. The highest BCUT2D eigenvalue weighted by atomic mass is 19.1. The van der Waals surface area contributed by atoms with Crippen molar-refractivity contribution in [1.82, 2.24) is 10.2 Å². The molecule has 6 heteroatoms. The Kier molecular flexibility index (Phi) is 7.29. The molecule has 1 aromatic rings. The predicted molar refractivity (Wildman–Crippen MR) is 87.9 cm³/mol. The van der Waals surface area contributed by atoms with E-state index >= 15 is 0 Å². The first kappa shape index (κ1) is 19.2. The van der Waals surface area contributed by atoms with Crippen LogP contribution in [0.4, 0.5) is 9.18 Å². The zero-order valence-corrected chi connectivity index (χ0v) is 14.4. The topological polar surface area (TPSA) is 61.8 Å². The number of carbonyl (C=O) groups is 1. The first-order valence-electron chi connectivity index (χ1n) is 7.88. The molecule has 0 fully saturated rings. The molecule has 1 amide bonds. The lowest BCUT2D eigenvalue weighted by Crippen LogP contribution is -2.38. The van der Waals surface area contributed by atoms with E-state index in [2.05, 4.69) is 5.32 Å². The van der Waals surface area contributed by atoms with Crippen molar-refractivity contribution in [3.05, 3.63) is 29.6 Å². The molecule has 1 rings (SSSR count). The number of hydrogen-bond donors (Lipinski definition) is 2. The van der Waals surface area contributed by atoms with Gasteiger partial charge in [0.25, 0.3) is 0 Å². The van der Waals surface area contributed by atoms with Gasteiger partial charge in [0.05, 0.1) is 0 Å². The maximum atomic E-state index is 13.1. The monoisotopic (exact) mass is 326 g/mol. The van der Waals surface area contributed by atoms with Crippen LogP contribution in [-0.2, 0) is 11.3 Å². The highest BCUT2D eigenvalue weighted by Crippen LogP contribution is 2.14. The van der Waals surface area contributed by atoms with Gasteiger partial charge in [-0.25, -0.2) is 9.18 Å². The van der Waals surface area contributed by atoms with E-state index < -0.39 is 11.4 Å². The second-order valence-electron chi connectivity index (χ2n) is 6.41. The summed E-state index contributed by atoms with van der Waals surface area (Å²) in [6.45, 7) is 9.75. The first-order chi connectivity index (χ1) is 10.7. The molecule has 0 aliphatic carbocycles.